The number of nitrogens with zero attached hydrogens (tertiary/aromatic N) is 2. The molecule has 0 spiro atoms. The predicted molar refractivity (Wildman–Crippen MR) is 93.9 cm³/mol. The van der Waals surface area contributed by atoms with Crippen LogP contribution in [0, 0.1) is 11.3 Å². The number of benzene rings is 1. The summed E-state index contributed by atoms with van der Waals surface area (Å²) in [5.74, 6) is 0.0703. The molecule has 3 rings (SSSR count). The molecule has 0 saturated carbocycles. The van der Waals surface area contributed by atoms with Crippen LogP contribution in [0.25, 0.3) is 21.7 Å². The SMILES string of the molecule is CC(=O)COc1nc(-c2ccccc2)cc(-c2cccs2)c1C#N. The molecule has 0 atom stereocenters. The molecule has 3 aromatic rings. The molecule has 0 unspecified atom stereocenters. The average Bonchev–Trinajstić information content (AvgIpc) is 3.14. The Morgan fingerprint density at radius 1 is 1.25 bits per heavy atom. The molecule has 1 aromatic carbocycles. The minimum Gasteiger partial charge on any atom is -0.469 e. The lowest BCUT2D eigenvalue weighted by Crippen LogP contribution is -2.09. The highest BCUT2D eigenvalue weighted by Gasteiger charge is 2.17. The number of aromatic nitrogens is 1. The van der Waals surface area contributed by atoms with Crippen LogP contribution < -0.4 is 4.74 Å². The standard InChI is InChI=1S/C19H14N2O2S/c1-13(22)12-23-19-16(11-20)15(18-8-5-9-24-18)10-17(21-19)14-6-3-2-4-7-14/h2-10H,12H2,1H3. The first-order chi connectivity index (χ1) is 11.7. The number of pyridine rings is 1. The Balaban J connectivity index is 2.18. The molecule has 0 bridgehead atoms. The maximum atomic E-state index is 11.3. The van der Waals surface area contributed by atoms with Gasteiger partial charge in [-0.1, -0.05) is 36.4 Å². The van der Waals surface area contributed by atoms with Crippen LogP contribution in [0.5, 0.6) is 5.88 Å². The molecule has 0 radical (unpaired) electrons. The molecular formula is C19H14N2O2S. The summed E-state index contributed by atoms with van der Waals surface area (Å²) in [6.45, 7) is 1.33. The Hall–Kier alpha value is -2.97. The Bertz CT molecular complexity index is 897. The van der Waals surface area contributed by atoms with E-state index in [0.29, 0.717) is 11.3 Å². The number of carbonyl (C=O) groups excluding carboxylic acids is 1. The number of ketones is 1. The van der Waals surface area contributed by atoms with Crippen molar-refractivity contribution in [3.8, 4) is 33.6 Å². The van der Waals surface area contributed by atoms with Crippen LogP contribution in [0.2, 0.25) is 0 Å². The molecule has 118 valence electrons. The zero-order valence-electron chi connectivity index (χ0n) is 13.0. The third kappa shape index (κ3) is 3.34. The molecule has 0 aliphatic rings. The fraction of sp³-hybridized carbons (Fsp3) is 0.105. The van der Waals surface area contributed by atoms with Crippen LogP contribution in [-0.4, -0.2) is 17.4 Å². The summed E-state index contributed by atoms with van der Waals surface area (Å²) in [6.07, 6.45) is 0. The topological polar surface area (TPSA) is 63.0 Å². The molecule has 24 heavy (non-hydrogen) atoms. The van der Waals surface area contributed by atoms with Crippen molar-refractivity contribution in [1.29, 1.82) is 5.26 Å². The van der Waals surface area contributed by atoms with Crippen LogP contribution in [0.15, 0.2) is 53.9 Å². The van der Waals surface area contributed by atoms with Gasteiger partial charge in [0.1, 0.15) is 18.2 Å². The Kier molecular flexibility index (Phi) is 4.69. The van der Waals surface area contributed by atoms with E-state index in [2.05, 4.69) is 11.1 Å². The van der Waals surface area contributed by atoms with Crippen molar-refractivity contribution in [2.45, 2.75) is 6.92 Å². The van der Waals surface area contributed by atoms with Crippen LogP contribution in [0.4, 0.5) is 0 Å². The van der Waals surface area contributed by atoms with E-state index in [0.717, 1.165) is 16.0 Å². The van der Waals surface area contributed by atoms with Gasteiger partial charge >= 0.3 is 0 Å². The second-order valence-electron chi connectivity index (χ2n) is 5.18. The van der Waals surface area contributed by atoms with Gasteiger partial charge in [-0.15, -0.1) is 11.3 Å². The van der Waals surface area contributed by atoms with Gasteiger partial charge in [-0.2, -0.15) is 5.26 Å². The lowest BCUT2D eigenvalue weighted by Gasteiger charge is -2.12. The molecule has 4 nitrogen and oxygen atoms in total. The first-order valence-corrected chi connectivity index (χ1v) is 8.23. The van der Waals surface area contributed by atoms with Gasteiger partial charge in [-0.05, 0) is 24.4 Å². The van der Waals surface area contributed by atoms with Crippen molar-refractivity contribution in [2.24, 2.45) is 0 Å². The van der Waals surface area contributed by atoms with E-state index in [9.17, 15) is 10.1 Å². The van der Waals surface area contributed by atoms with Crippen molar-refractivity contribution >= 4 is 17.1 Å². The summed E-state index contributed by atoms with van der Waals surface area (Å²) in [5, 5.41) is 11.5. The highest BCUT2D eigenvalue weighted by Crippen LogP contribution is 2.35. The van der Waals surface area contributed by atoms with Crippen molar-refractivity contribution in [3.05, 3.63) is 59.5 Å². The molecule has 0 fully saturated rings. The highest BCUT2D eigenvalue weighted by atomic mass is 32.1. The van der Waals surface area contributed by atoms with E-state index in [-0.39, 0.29) is 18.3 Å². The van der Waals surface area contributed by atoms with Gasteiger partial charge in [-0.3, -0.25) is 4.79 Å². The summed E-state index contributed by atoms with van der Waals surface area (Å²) in [4.78, 5) is 16.7. The molecule has 0 aliphatic carbocycles. The second kappa shape index (κ2) is 7.07. The quantitative estimate of drug-likeness (QED) is 0.697. The van der Waals surface area contributed by atoms with E-state index in [1.165, 1.54) is 6.92 Å². The van der Waals surface area contributed by atoms with Gasteiger partial charge in [0.25, 0.3) is 0 Å². The molecule has 0 N–H and O–H groups in total. The van der Waals surface area contributed by atoms with Crippen LogP contribution in [0.3, 0.4) is 0 Å². The molecule has 2 aromatic heterocycles. The first-order valence-electron chi connectivity index (χ1n) is 7.35. The number of ether oxygens (including phenoxy) is 1. The van der Waals surface area contributed by atoms with E-state index < -0.39 is 0 Å². The molecule has 0 aliphatic heterocycles. The number of Topliss-reactive ketones (excluding diaryl/α,β-unsaturated/α-hetero) is 1. The van der Waals surface area contributed by atoms with E-state index in [4.69, 9.17) is 4.74 Å². The van der Waals surface area contributed by atoms with E-state index >= 15 is 0 Å². The van der Waals surface area contributed by atoms with Gasteiger partial charge in [0.15, 0.2) is 5.78 Å². The lowest BCUT2D eigenvalue weighted by molar-refractivity contribution is -0.119. The summed E-state index contributed by atoms with van der Waals surface area (Å²) >= 11 is 1.54. The maximum absolute atomic E-state index is 11.3. The molecule has 0 saturated heterocycles. The fourth-order valence-electron chi connectivity index (χ4n) is 2.29. The van der Waals surface area contributed by atoms with Gasteiger partial charge in [0.05, 0.1) is 5.69 Å². The second-order valence-corrected chi connectivity index (χ2v) is 6.13. The number of carbonyl (C=O) groups is 1. The molecule has 2 heterocycles. The largest absolute Gasteiger partial charge is 0.469 e. The maximum Gasteiger partial charge on any atom is 0.233 e. The Morgan fingerprint density at radius 2 is 2.04 bits per heavy atom. The molecule has 0 amide bonds. The average molecular weight is 334 g/mol. The number of thiophene rings is 1. The van der Waals surface area contributed by atoms with Crippen LogP contribution in [-0.2, 0) is 4.79 Å². The smallest absolute Gasteiger partial charge is 0.233 e. The van der Waals surface area contributed by atoms with Crippen LogP contribution in [0.1, 0.15) is 12.5 Å². The van der Waals surface area contributed by atoms with E-state index in [1.54, 1.807) is 11.3 Å². The van der Waals surface area contributed by atoms with Crippen LogP contribution >= 0.6 is 11.3 Å². The summed E-state index contributed by atoms with van der Waals surface area (Å²) in [5.41, 5.74) is 2.74. The minimum atomic E-state index is -0.122. The molecular weight excluding hydrogens is 320 g/mol. The zero-order valence-corrected chi connectivity index (χ0v) is 13.8. The van der Waals surface area contributed by atoms with Gasteiger partial charge in [-0.25, -0.2) is 4.98 Å². The zero-order chi connectivity index (χ0) is 16.9. The van der Waals surface area contributed by atoms with Crippen molar-refractivity contribution < 1.29 is 9.53 Å². The number of hydrogen-bond acceptors (Lipinski definition) is 5. The van der Waals surface area contributed by atoms with Crippen molar-refractivity contribution in [1.82, 2.24) is 4.98 Å². The predicted octanol–water partition coefficient (Wildman–Crippen LogP) is 4.32. The normalized spacial score (nSPS) is 10.2. The Morgan fingerprint density at radius 3 is 2.67 bits per heavy atom. The Labute approximate surface area is 144 Å². The first kappa shape index (κ1) is 15.9. The number of rotatable bonds is 5. The monoisotopic (exact) mass is 334 g/mol. The number of hydrogen-bond donors (Lipinski definition) is 0. The number of nitriles is 1. The third-order valence-corrected chi connectivity index (χ3v) is 4.27. The summed E-state index contributed by atoms with van der Waals surface area (Å²) in [6, 6.07) is 17.6. The van der Waals surface area contributed by atoms with Gasteiger partial charge in [0, 0.05) is 16.0 Å². The third-order valence-electron chi connectivity index (χ3n) is 3.37. The molecule has 5 heteroatoms. The summed E-state index contributed by atoms with van der Waals surface area (Å²) in [7, 11) is 0. The van der Waals surface area contributed by atoms with Gasteiger partial charge in [0.2, 0.25) is 5.88 Å². The van der Waals surface area contributed by atoms with Crippen molar-refractivity contribution in [2.75, 3.05) is 6.61 Å². The van der Waals surface area contributed by atoms with Gasteiger partial charge < -0.3 is 4.74 Å². The lowest BCUT2D eigenvalue weighted by atomic mass is 10.0. The summed E-state index contributed by atoms with van der Waals surface area (Å²) < 4.78 is 5.51. The van der Waals surface area contributed by atoms with Crippen molar-refractivity contribution in [3.63, 3.8) is 0 Å². The fourth-order valence-corrected chi connectivity index (χ4v) is 3.04. The van der Waals surface area contributed by atoms with E-state index in [1.807, 2.05) is 53.9 Å². The highest BCUT2D eigenvalue weighted by molar-refractivity contribution is 7.13. The minimum absolute atomic E-state index is 0.107.